The molecule has 2 rings (SSSR count). The monoisotopic (exact) mass is 224 g/mol. The Morgan fingerprint density at radius 2 is 2.25 bits per heavy atom. The molecular formula is C10H9BrO. The van der Waals surface area contributed by atoms with Crippen molar-refractivity contribution in [2.75, 3.05) is 7.11 Å². The summed E-state index contributed by atoms with van der Waals surface area (Å²) in [7, 11) is 1.69. The van der Waals surface area contributed by atoms with Gasteiger partial charge < -0.3 is 4.74 Å². The molecule has 2 heteroatoms. The summed E-state index contributed by atoms with van der Waals surface area (Å²) in [6.45, 7) is 0. The number of hydrogen-bond acceptors (Lipinski definition) is 1. The van der Waals surface area contributed by atoms with Crippen LogP contribution in [0.25, 0.3) is 6.08 Å². The summed E-state index contributed by atoms with van der Waals surface area (Å²) < 4.78 is 6.29. The van der Waals surface area contributed by atoms with Crippen LogP contribution in [0.15, 0.2) is 22.7 Å². The normalized spacial score (nSPS) is 13.2. The maximum absolute atomic E-state index is 5.20. The van der Waals surface area contributed by atoms with Gasteiger partial charge in [-0.3, -0.25) is 0 Å². The Bertz CT molecular complexity index is 342. The molecule has 0 aliphatic heterocycles. The zero-order valence-corrected chi connectivity index (χ0v) is 8.39. The second-order valence-electron chi connectivity index (χ2n) is 2.76. The highest BCUT2D eigenvalue weighted by atomic mass is 79.9. The fraction of sp³-hybridized carbons (Fsp3) is 0.200. The first kappa shape index (κ1) is 7.87. The molecule has 1 aromatic rings. The lowest BCUT2D eigenvalue weighted by atomic mass is 10.1. The molecule has 1 aliphatic carbocycles. The number of hydrogen-bond donors (Lipinski definition) is 0. The quantitative estimate of drug-likeness (QED) is 0.713. The Kier molecular flexibility index (Phi) is 1.93. The molecule has 0 atom stereocenters. The highest BCUT2D eigenvalue weighted by Gasteiger charge is 2.12. The van der Waals surface area contributed by atoms with E-state index in [4.69, 9.17) is 4.74 Å². The summed E-state index contributed by atoms with van der Waals surface area (Å²) in [5, 5.41) is 0. The van der Waals surface area contributed by atoms with E-state index in [1.807, 2.05) is 6.07 Å². The summed E-state index contributed by atoms with van der Waals surface area (Å²) in [6, 6.07) is 4.07. The van der Waals surface area contributed by atoms with Crippen LogP contribution < -0.4 is 4.74 Å². The van der Waals surface area contributed by atoms with Crippen molar-refractivity contribution in [3.63, 3.8) is 0 Å². The second kappa shape index (κ2) is 2.94. The first-order valence-corrected chi connectivity index (χ1v) is 4.64. The Morgan fingerprint density at radius 1 is 1.42 bits per heavy atom. The molecule has 0 amide bonds. The van der Waals surface area contributed by atoms with Gasteiger partial charge in [-0.1, -0.05) is 18.2 Å². The number of rotatable bonds is 1. The van der Waals surface area contributed by atoms with Gasteiger partial charge in [0.2, 0.25) is 0 Å². The van der Waals surface area contributed by atoms with E-state index in [0.717, 1.165) is 16.6 Å². The molecule has 1 nitrogen and oxygen atoms in total. The van der Waals surface area contributed by atoms with Crippen molar-refractivity contribution in [2.24, 2.45) is 0 Å². The average molecular weight is 225 g/mol. The van der Waals surface area contributed by atoms with Gasteiger partial charge in [0.1, 0.15) is 5.75 Å². The van der Waals surface area contributed by atoms with Crippen LogP contribution in [0.2, 0.25) is 0 Å². The largest absolute Gasteiger partial charge is 0.496 e. The summed E-state index contributed by atoms with van der Waals surface area (Å²) in [5.41, 5.74) is 2.62. The zero-order chi connectivity index (χ0) is 8.55. The molecule has 0 spiro atoms. The first-order chi connectivity index (χ1) is 5.83. The number of benzene rings is 1. The molecule has 0 fully saturated rings. The SMILES string of the molecule is COc1ccc2c(c1Br)CC=C2. The molecule has 12 heavy (non-hydrogen) atoms. The molecule has 0 heterocycles. The van der Waals surface area contributed by atoms with Crippen LogP contribution in [0.1, 0.15) is 11.1 Å². The van der Waals surface area contributed by atoms with Crippen LogP contribution in [-0.2, 0) is 6.42 Å². The Balaban J connectivity index is 2.57. The van der Waals surface area contributed by atoms with Gasteiger partial charge in [0, 0.05) is 0 Å². The number of halogens is 1. The van der Waals surface area contributed by atoms with Crippen LogP contribution in [0.5, 0.6) is 5.75 Å². The lowest BCUT2D eigenvalue weighted by Gasteiger charge is -2.07. The minimum absolute atomic E-state index is 0.914. The van der Waals surface area contributed by atoms with E-state index in [1.54, 1.807) is 7.11 Å². The molecule has 0 bridgehead atoms. The number of methoxy groups -OCH3 is 1. The maximum atomic E-state index is 5.20. The molecule has 1 aromatic carbocycles. The summed E-state index contributed by atoms with van der Waals surface area (Å²) in [4.78, 5) is 0. The molecule has 0 aromatic heterocycles. The Labute approximate surface area is 80.2 Å². The molecule has 0 unspecified atom stereocenters. The van der Waals surface area contributed by atoms with Crippen LogP contribution in [0.4, 0.5) is 0 Å². The van der Waals surface area contributed by atoms with Gasteiger partial charge in [-0.2, -0.15) is 0 Å². The lowest BCUT2D eigenvalue weighted by molar-refractivity contribution is 0.411. The van der Waals surface area contributed by atoms with Crippen LogP contribution in [0, 0.1) is 0 Å². The van der Waals surface area contributed by atoms with E-state index in [2.05, 4.69) is 34.1 Å². The van der Waals surface area contributed by atoms with Crippen molar-refractivity contribution in [2.45, 2.75) is 6.42 Å². The van der Waals surface area contributed by atoms with Crippen molar-refractivity contribution in [3.05, 3.63) is 33.8 Å². The van der Waals surface area contributed by atoms with Crippen molar-refractivity contribution in [1.82, 2.24) is 0 Å². The number of fused-ring (bicyclic) bond motifs is 1. The topological polar surface area (TPSA) is 9.23 Å². The fourth-order valence-electron chi connectivity index (χ4n) is 1.44. The Hall–Kier alpha value is -0.760. The Morgan fingerprint density at radius 3 is 3.00 bits per heavy atom. The zero-order valence-electron chi connectivity index (χ0n) is 6.80. The second-order valence-corrected chi connectivity index (χ2v) is 3.55. The molecule has 62 valence electrons. The smallest absolute Gasteiger partial charge is 0.133 e. The number of ether oxygens (including phenoxy) is 1. The first-order valence-electron chi connectivity index (χ1n) is 3.85. The lowest BCUT2D eigenvalue weighted by Crippen LogP contribution is -1.89. The van der Waals surface area contributed by atoms with Gasteiger partial charge in [0.15, 0.2) is 0 Å². The molecule has 0 radical (unpaired) electrons. The molecule has 0 saturated heterocycles. The predicted octanol–water partition coefficient (Wildman–Crippen LogP) is 3.03. The number of allylic oxidation sites excluding steroid dienone is 1. The van der Waals surface area contributed by atoms with E-state index in [9.17, 15) is 0 Å². The van der Waals surface area contributed by atoms with Crippen molar-refractivity contribution in [3.8, 4) is 5.75 Å². The van der Waals surface area contributed by atoms with Gasteiger partial charge in [-0.15, -0.1) is 0 Å². The predicted molar refractivity (Wildman–Crippen MR) is 53.4 cm³/mol. The minimum atomic E-state index is 0.914. The van der Waals surface area contributed by atoms with Gasteiger partial charge in [-0.25, -0.2) is 0 Å². The molecular weight excluding hydrogens is 216 g/mol. The summed E-state index contributed by atoms with van der Waals surface area (Å²) in [6.07, 6.45) is 5.31. The molecule has 0 saturated carbocycles. The third-order valence-corrected chi connectivity index (χ3v) is 2.95. The molecule has 0 N–H and O–H groups in total. The van der Waals surface area contributed by atoms with E-state index < -0.39 is 0 Å². The highest BCUT2D eigenvalue weighted by Crippen LogP contribution is 2.34. The standard InChI is InChI=1S/C10H9BrO/c1-12-9-6-5-7-3-2-4-8(7)10(9)11/h2-3,5-6H,4H2,1H3. The van der Waals surface area contributed by atoms with E-state index in [-0.39, 0.29) is 0 Å². The van der Waals surface area contributed by atoms with Crippen LogP contribution in [0.3, 0.4) is 0 Å². The van der Waals surface area contributed by atoms with Crippen LogP contribution >= 0.6 is 15.9 Å². The fourth-order valence-corrected chi connectivity index (χ4v) is 2.12. The molecule has 1 aliphatic rings. The van der Waals surface area contributed by atoms with E-state index in [0.29, 0.717) is 0 Å². The third kappa shape index (κ3) is 1.07. The summed E-state index contributed by atoms with van der Waals surface area (Å²) >= 11 is 3.53. The van der Waals surface area contributed by atoms with Gasteiger partial charge in [0.05, 0.1) is 11.6 Å². The summed E-state index contributed by atoms with van der Waals surface area (Å²) in [5.74, 6) is 0.914. The van der Waals surface area contributed by atoms with Crippen molar-refractivity contribution >= 4 is 22.0 Å². The van der Waals surface area contributed by atoms with Gasteiger partial charge >= 0.3 is 0 Å². The van der Waals surface area contributed by atoms with E-state index >= 15 is 0 Å². The van der Waals surface area contributed by atoms with E-state index in [1.165, 1.54) is 11.1 Å². The van der Waals surface area contributed by atoms with Crippen molar-refractivity contribution < 1.29 is 4.74 Å². The van der Waals surface area contributed by atoms with Crippen LogP contribution in [-0.4, -0.2) is 7.11 Å². The maximum Gasteiger partial charge on any atom is 0.133 e. The minimum Gasteiger partial charge on any atom is -0.496 e. The van der Waals surface area contributed by atoms with Gasteiger partial charge in [0.25, 0.3) is 0 Å². The van der Waals surface area contributed by atoms with Crippen molar-refractivity contribution in [1.29, 1.82) is 0 Å². The average Bonchev–Trinajstić information content (AvgIpc) is 2.53. The third-order valence-electron chi connectivity index (χ3n) is 2.08. The van der Waals surface area contributed by atoms with Gasteiger partial charge in [-0.05, 0) is 39.5 Å². The highest BCUT2D eigenvalue weighted by molar-refractivity contribution is 9.10.